The van der Waals surface area contributed by atoms with Crippen LogP contribution in [0.15, 0.2) is 161 Å². The second-order valence-electron chi connectivity index (χ2n) is 29.2. The molecule has 14 N–H and O–H groups in total. The summed E-state index contributed by atoms with van der Waals surface area (Å²) >= 11 is 5.09. The molecule has 1 aromatic heterocycles. The van der Waals surface area contributed by atoms with Crippen molar-refractivity contribution in [3.05, 3.63) is 185 Å². The van der Waals surface area contributed by atoms with E-state index in [4.69, 9.17) is 21.7 Å². The van der Waals surface area contributed by atoms with E-state index in [-0.39, 0.29) is 90.3 Å². The van der Waals surface area contributed by atoms with Gasteiger partial charge in [-0.3, -0.25) is 47.2 Å². The SMILES string of the molecule is CCN(CCCS(=O)(=O)O)c1ccc2c(C(C)(C)C)cc(/C=C/C=C3\N(CCCS(=O)(=O)O)c4ccc(S(=O)(=O)O)cc4C3(C)CCCC(=O)N[C@@H](Cc3ccccc3)C(=O)N[C@@H](CCc3ccccc3)C(=O)NCC(=O)NCCNC(=O)[C@H](Cc3ccccc3)NC(=O)CC[C@H](NC(=S)N[C@@H](CCC(=O)O)C(=O)O)C(=O)O)[o+]c2c1. The first-order valence-corrected chi connectivity index (χ1v) is 42.7. The predicted molar refractivity (Wildman–Crippen MR) is 439 cm³/mol. The highest BCUT2D eigenvalue weighted by atomic mass is 32.2. The number of nitrogens with one attached hydrogen (secondary N) is 8. The molecule has 6 atom stereocenters. The van der Waals surface area contributed by atoms with Crippen LogP contribution >= 0.6 is 12.2 Å². The molecule has 0 bridgehead atoms. The lowest BCUT2D eigenvalue weighted by Gasteiger charge is -2.30. The van der Waals surface area contributed by atoms with Crippen LogP contribution in [0.25, 0.3) is 17.0 Å². The number of anilines is 2. The number of fused-ring (bicyclic) bond motifs is 2. The molecule has 1 aliphatic rings. The van der Waals surface area contributed by atoms with E-state index >= 15 is 0 Å². The second kappa shape index (κ2) is 42.7. The quantitative estimate of drug-likeness (QED) is 0.00848. The third-order valence-electron chi connectivity index (χ3n) is 19.3. The molecule has 626 valence electrons. The fourth-order valence-electron chi connectivity index (χ4n) is 13.4. The Morgan fingerprint density at radius 2 is 1.14 bits per heavy atom. The van der Waals surface area contributed by atoms with Crippen LogP contribution in [0.3, 0.4) is 0 Å². The third-order valence-corrected chi connectivity index (χ3v) is 22.0. The average molecular weight is 1680 g/mol. The van der Waals surface area contributed by atoms with Crippen molar-refractivity contribution >= 4 is 129 Å². The van der Waals surface area contributed by atoms with Crippen LogP contribution in [0.4, 0.5) is 11.4 Å². The van der Waals surface area contributed by atoms with Crippen LogP contribution in [0, 0.1) is 0 Å². The molecule has 1 unspecified atom stereocenters. The van der Waals surface area contributed by atoms with Crippen molar-refractivity contribution in [2.24, 2.45) is 0 Å². The van der Waals surface area contributed by atoms with Crippen molar-refractivity contribution in [2.75, 3.05) is 60.6 Å². The van der Waals surface area contributed by atoms with Gasteiger partial charge in [0.25, 0.3) is 30.4 Å². The molecule has 6 aromatic rings. The molecule has 116 heavy (non-hydrogen) atoms. The highest BCUT2D eigenvalue weighted by Gasteiger charge is 2.44. The lowest BCUT2D eigenvalue weighted by Crippen LogP contribution is -2.55. The van der Waals surface area contributed by atoms with Gasteiger partial charge in [0.2, 0.25) is 35.4 Å². The van der Waals surface area contributed by atoms with Crippen LogP contribution in [0.1, 0.15) is 132 Å². The van der Waals surface area contributed by atoms with E-state index in [1.807, 2.05) is 69.0 Å². The Balaban J connectivity index is 1.05. The summed E-state index contributed by atoms with van der Waals surface area (Å²) in [5.41, 5.74) is 3.94. The van der Waals surface area contributed by atoms with Gasteiger partial charge in [0.05, 0.1) is 34.4 Å². The summed E-state index contributed by atoms with van der Waals surface area (Å²) in [6.45, 7) is 9.69. The van der Waals surface area contributed by atoms with E-state index in [2.05, 4.69) is 42.5 Å². The Bertz CT molecular complexity index is 4920. The lowest BCUT2D eigenvalue weighted by atomic mass is 9.77. The van der Waals surface area contributed by atoms with Gasteiger partial charge in [0.15, 0.2) is 5.11 Å². The highest BCUT2D eigenvalue weighted by molar-refractivity contribution is 7.86. The maximum Gasteiger partial charge on any atom is 0.363 e. The molecule has 0 saturated carbocycles. The van der Waals surface area contributed by atoms with Crippen LogP contribution in [-0.4, -0.2) is 194 Å². The normalized spacial score (nSPS) is 15.2. The molecule has 1 aliphatic heterocycles. The number of hydrogen-bond donors (Lipinski definition) is 14. The minimum atomic E-state index is -4.81. The molecule has 0 fully saturated rings. The minimum absolute atomic E-state index is 0.0136. The molecule has 7 rings (SSSR count). The van der Waals surface area contributed by atoms with Crippen LogP contribution in [0.2, 0.25) is 0 Å². The Labute approximate surface area is 679 Å². The van der Waals surface area contributed by atoms with Crippen molar-refractivity contribution in [3.63, 3.8) is 0 Å². The van der Waals surface area contributed by atoms with Crippen molar-refractivity contribution in [1.29, 1.82) is 0 Å². The summed E-state index contributed by atoms with van der Waals surface area (Å²) in [5, 5.41) is 49.7. The number of carboxylic acid groups (broad SMARTS) is 3. The first-order valence-electron chi connectivity index (χ1n) is 37.6. The Hall–Kier alpha value is -10.8. The minimum Gasteiger partial charge on any atom is -0.481 e. The maximum absolute atomic E-state index is 14.8. The average Bonchev–Trinajstić information content (AvgIpc) is 1.57. The number of benzene rings is 5. The second-order valence-corrected chi connectivity index (χ2v) is 34.2. The number of aryl methyl sites for hydroxylation is 1. The molecule has 0 aliphatic carbocycles. The number of carbonyl (C=O) groups is 9. The number of allylic oxidation sites excluding steroid dienone is 3. The predicted octanol–water partition coefficient (Wildman–Crippen LogP) is 6.42. The molecular formula is C80H101N10O22S4+. The van der Waals surface area contributed by atoms with E-state index in [0.717, 1.165) is 22.2 Å². The Morgan fingerprint density at radius 1 is 0.586 bits per heavy atom. The first-order chi connectivity index (χ1) is 54.7. The van der Waals surface area contributed by atoms with Crippen LogP contribution < -0.4 is 52.3 Å². The van der Waals surface area contributed by atoms with Crippen LogP contribution in [-0.2, 0) is 104 Å². The summed E-state index contributed by atoms with van der Waals surface area (Å²) in [4.78, 5) is 122. The number of hydrogen-bond acceptors (Lipinski definition) is 18. The van der Waals surface area contributed by atoms with Gasteiger partial charge in [-0.25, -0.2) is 14.0 Å². The number of nitrogens with zero attached hydrogens (tertiary/aromatic N) is 2. The number of amides is 6. The summed E-state index contributed by atoms with van der Waals surface area (Å²) in [5.74, 6) is -9.04. The molecule has 32 nitrogen and oxygen atoms in total. The summed E-state index contributed by atoms with van der Waals surface area (Å²) in [7, 11) is -13.5. The van der Waals surface area contributed by atoms with E-state index in [1.54, 1.807) is 109 Å². The van der Waals surface area contributed by atoms with Crippen molar-refractivity contribution < 1.29 is 102 Å². The van der Waals surface area contributed by atoms with E-state index < -0.39 is 166 Å². The van der Waals surface area contributed by atoms with Gasteiger partial charge in [-0.1, -0.05) is 118 Å². The topological polar surface area (TPSA) is 491 Å². The molecule has 5 aromatic carbocycles. The molecule has 36 heteroatoms. The molecule has 0 spiro atoms. The number of carboxylic acids is 3. The van der Waals surface area contributed by atoms with Crippen molar-refractivity contribution in [2.45, 2.75) is 164 Å². The zero-order chi connectivity index (χ0) is 85.1. The number of carbonyl (C=O) groups excluding carboxylic acids is 6. The Morgan fingerprint density at radius 3 is 1.70 bits per heavy atom. The first kappa shape index (κ1) is 92.4. The summed E-state index contributed by atoms with van der Waals surface area (Å²) in [6, 6.07) is 31.2. The van der Waals surface area contributed by atoms with E-state index in [1.165, 1.54) is 18.2 Å². The zero-order valence-electron chi connectivity index (χ0n) is 64.9. The standard InChI is InChI=1S/C80H100N10O22S4/c1-6-89(42-18-44-114(103,104)105)55-30-32-58-59(79(2,3)4)49-56(112-67(58)48-55)26-16-27-68-80(5,60-50-57(116(109,110)111)31-36-66(60)90(68)43-19-45-115(106,107)108)39-17-28-69(91)85-65(47-54-24-14-9-15-25-54)75(98)86-61(33-29-52-20-10-7-11-21-52)73(96)83-51-71(93)81-40-41-82-74(97)64(46-53-22-12-8-13-23-53)84-70(92)37-34-62(76(99)100)87-78(113)88-63(77(101)102)35-38-72(94)95/h7-16,20-27,30-32,36,48-50,61-65H,6,17-19,28-29,33-35,37-47,51H2,1-5H3,(H13-,81,82,83,84,85,86,87,88,91,92,93,94,95,96,97,98,99,100,101,102,103,104,105,106,107,108,109,110,111,113)/p+1/b26-16+,68-27-/t61-,62-,63-,64-,65-,80?/m0/s1. The number of aliphatic carboxylic acids is 3. The fraction of sp³-hybridized carbons (Fsp3) is 0.412. The highest BCUT2D eigenvalue weighted by Crippen LogP contribution is 2.51. The molecule has 6 amide bonds. The lowest BCUT2D eigenvalue weighted by molar-refractivity contribution is -0.141. The van der Waals surface area contributed by atoms with Gasteiger partial charge >= 0.3 is 29.3 Å². The zero-order valence-corrected chi connectivity index (χ0v) is 68.2. The third kappa shape index (κ3) is 29.5. The number of thiocarbonyl (C=S) groups is 1. The van der Waals surface area contributed by atoms with Crippen molar-refractivity contribution in [1.82, 2.24) is 42.5 Å². The van der Waals surface area contributed by atoms with Gasteiger partial charge in [-0.05, 0) is 147 Å². The molecule has 0 saturated heterocycles. The molecular weight excluding hydrogens is 1580 g/mol. The van der Waals surface area contributed by atoms with Crippen LogP contribution in [0.5, 0.6) is 0 Å². The van der Waals surface area contributed by atoms with Gasteiger partial charge in [0.1, 0.15) is 30.2 Å². The summed E-state index contributed by atoms with van der Waals surface area (Å²) in [6.07, 6.45) is 3.65. The monoisotopic (exact) mass is 1680 g/mol. The van der Waals surface area contributed by atoms with Crippen molar-refractivity contribution in [3.8, 4) is 0 Å². The van der Waals surface area contributed by atoms with E-state index in [0.29, 0.717) is 52.5 Å². The van der Waals surface area contributed by atoms with E-state index in [9.17, 15) is 92.3 Å². The summed E-state index contributed by atoms with van der Waals surface area (Å²) < 4.78 is 109. The molecule has 0 radical (unpaired) electrons. The van der Waals surface area contributed by atoms with Gasteiger partial charge in [-0.2, -0.15) is 25.3 Å². The van der Waals surface area contributed by atoms with Gasteiger partial charge in [0, 0.05) is 99.5 Å². The largest absolute Gasteiger partial charge is 0.481 e. The van der Waals surface area contributed by atoms with Gasteiger partial charge < -0.3 is 67.7 Å². The number of rotatable bonds is 45. The molecule has 2 heterocycles. The maximum atomic E-state index is 14.8. The smallest absolute Gasteiger partial charge is 0.363 e. The Kier molecular flexibility index (Phi) is 34.0. The fourth-order valence-corrected chi connectivity index (χ4v) is 15.1. The van der Waals surface area contributed by atoms with Gasteiger partial charge in [-0.15, -0.1) is 0 Å².